The zero-order valence-corrected chi connectivity index (χ0v) is 16.2. The first-order valence-electron chi connectivity index (χ1n) is 8.42. The Labute approximate surface area is 162 Å². The summed E-state index contributed by atoms with van der Waals surface area (Å²) < 4.78 is 2.17. The number of hydrogen-bond acceptors (Lipinski definition) is 6. The first-order valence-corrected chi connectivity index (χ1v) is 10.1. The van der Waals surface area contributed by atoms with Crippen LogP contribution in [-0.4, -0.2) is 20.9 Å². The number of pyridine rings is 1. The van der Waals surface area contributed by atoms with E-state index in [-0.39, 0.29) is 5.91 Å². The van der Waals surface area contributed by atoms with Gasteiger partial charge in [-0.05, 0) is 37.6 Å². The van der Waals surface area contributed by atoms with Crippen molar-refractivity contribution in [3.63, 3.8) is 0 Å². The maximum absolute atomic E-state index is 12.7. The maximum atomic E-state index is 12.7. The fourth-order valence-electron chi connectivity index (χ4n) is 3.13. The lowest BCUT2D eigenvalue weighted by Crippen LogP contribution is -2.11. The molecule has 3 aromatic heterocycles. The molecule has 0 bridgehead atoms. The van der Waals surface area contributed by atoms with Gasteiger partial charge in [-0.15, -0.1) is 11.3 Å². The molecule has 1 amide bonds. The number of aryl methyl sites for hydroxylation is 2. The number of thiazole rings is 2. The first-order chi connectivity index (χ1) is 13.1. The standard InChI is InChI=1S/C20H14N4OS2/c1-10-7-15-17(22-11(2)26-15)18-16(10)23-20(27-18)24-19(25)13-8-12-5-3-4-6-14(12)21-9-13/h3-9H,1-2H3,(H,23,24,25). The quantitative estimate of drug-likeness (QED) is 0.443. The van der Waals surface area contributed by atoms with Crippen molar-refractivity contribution >= 4 is 65.0 Å². The Morgan fingerprint density at radius 3 is 2.78 bits per heavy atom. The number of hydrogen-bond donors (Lipinski definition) is 1. The third kappa shape index (κ3) is 2.75. The number of amides is 1. The van der Waals surface area contributed by atoms with Crippen LogP contribution >= 0.6 is 22.7 Å². The average molecular weight is 390 g/mol. The SMILES string of the molecule is Cc1nc2c(cc(C)c3nc(NC(=O)c4cnc5ccccc5c4)sc32)s1. The lowest BCUT2D eigenvalue weighted by Gasteiger charge is -2.03. The number of benzene rings is 2. The Hall–Kier alpha value is -2.90. The number of rotatable bonds is 2. The highest BCUT2D eigenvalue weighted by atomic mass is 32.1. The molecule has 0 unspecified atom stereocenters. The summed E-state index contributed by atoms with van der Waals surface area (Å²) in [6, 6.07) is 11.7. The van der Waals surface area contributed by atoms with Crippen LogP contribution in [0, 0.1) is 13.8 Å². The van der Waals surface area contributed by atoms with Crippen LogP contribution in [0.5, 0.6) is 0 Å². The fourth-order valence-corrected chi connectivity index (χ4v) is 5.16. The van der Waals surface area contributed by atoms with Gasteiger partial charge in [-0.3, -0.25) is 15.1 Å². The molecule has 5 rings (SSSR count). The Bertz CT molecular complexity index is 1350. The van der Waals surface area contributed by atoms with Crippen molar-refractivity contribution in [2.75, 3.05) is 5.32 Å². The molecule has 0 aliphatic heterocycles. The number of carbonyl (C=O) groups excluding carboxylic acids is 1. The number of carbonyl (C=O) groups is 1. The second-order valence-corrected chi connectivity index (χ2v) is 8.57. The predicted octanol–water partition coefficient (Wildman–Crippen LogP) is 5.32. The summed E-state index contributed by atoms with van der Waals surface area (Å²) in [6.07, 6.45) is 1.60. The Kier molecular flexibility index (Phi) is 3.66. The van der Waals surface area contributed by atoms with Crippen molar-refractivity contribution in [2.45, 2.75) is 13.8 Å². The van der Waals surface area contributed by atoms with Gasteiger partial charge < -0.3 is 0 Å². The van der Waals surface area contributed by atoms with Crippen molar-refractivity contribution in [2.24, 2.45) is 0 Å². The Morgan fingerprint density at radius 1 is 1.04 bits per heavy atom. The van der Waals surface area contributed by atoms with Crippen molar-refractivity contribution < 1.29 is 4.79 Å². The molecule has 0 atom stereocenters. The lowest BCUT2D eigenvalue weighted by atomic mass is 10.1. The Balaban J connectivity index is 1.54. The predicted molar refractivity (Wildman–Crippen MR) is 112 cm³/mol. The van der Waals surface area contributed by atoms with E-state index in [2.05, 4.69) is 26.3 Å². The molecule has 0 spiro atoms. The molecule has 0 saturated heterocycles. The molecular weight excluding hydrogens is 376 g/mol. The number of para-hydroxylation sites is 1. The number of nitrogens with zero attached hydrogens (tertiary/aromatic N) is 3. The molecule has 0 aliphatic rings. The minimum atomic E-state index is -0.212. The van der Waals surface area contributed by atoms with Gasteiger partial charge in [0.15, 0.2) is 5.13 Å². The summed E-state index contributed by atoms with van der Waals surface area (Å²) in [5, 5.41) is 5.45. The van der Waals surface area contributed by atoms with E-state index in [0.717, 1.165) is 41.9 Å². The minimum absolute atomic E-state index is 0.212. The van der Waals surface area contributed by atoms with Gasteiger partial charge in [-0.2, -0.15) is 0 Å². The van der Waals surface area contributed by atoms with Gasteiger partial charge in [0.1, 0.15) is 5.52 Å². The second-order valence-electron chi connectivity index (χ2n) is 6.34. The maximum Gasteiger partial charge on any atom is 0.259 e. The van der Waals surface area contributed by atoms with Gasteiger partial charge in [0, 0.05) is 11.6 Å². The van der Waals surface area contributed by atoms with Crippen LogP contribution in [0.4, 0.5) is 5.13 Å². The van der Waals surface area contributed by atoms with Gasteiger partial charge in [-0.25, -0.2) is 9.97 Å². The molecule has 0 radical (unpaired) electrons. The normalized spacial score (nSPS) is 11.5. The first kappa shape index (κ1) is 16.3. The monoisotopic (exact) mass is 390 g/mol. The van der Waals surface area contributed by atoms with Crippen LogP contribution in [0.25, 0.3) is 31.3 Å². The molecule has 132 valence electrons. The van der Waals surface area contributed by atoms with Crippen molar-refractivity contribution in [3.8, 4) is 0 Å². The lowest BCUT2D eigenvalue weighted by molar-refractivity contribution is 0.102. The molecule has 2 aromatic carbocycles. The number of anilines is 1. The molecule has 0 aliphatic carbocycles. The largest absolute Gasteiger partial charge is 0.298 e. The van der Waals surface area contributed by atoms with Crippen molar-refractivity contribution in [3.05, 3.63) is 58.7 Å². The van der Waals surface area contributed by atoms with Crippen molar-refractivity contribution in [1.29, 1.82) is 0 Å². The number of nitrogens with one attached hydrogen (secondary N) is 1. The third-order valence-corrected chi connectivity index (χ3v) is 6.29. The van der Waals surface area contributed by atoms with E-state index >= 15 is 0 Å². The molecule has 27 heavy (non-hydrogen) atoms. The zero-order chi connectivity index (χ0) is 18.5. The van der Waals surface area contributed by atoms with Gasteiger partial charge in [0.25, 0.3) is 5.91 Å². The van der Waals surface area contributed by atoms with Crippen molar-refractivity contribution in [1.82, 2.24) is 15.0 Å². The topological polar surface area (TPSA) is 67.8 Å². The van der Waals surface area contributed by atoms with E-state index in [1.165, 1.54) is 11.3 Å². The summed E-state index contributed by atoms with van der Waals surface area (Å²) in [5.74, 6) is -0.212. The molecule has 3 heterocycles. The number of fused-ring (bicyclic) bond motifs is 4. The Morgan fingerprint density at radius 2 is 1.89 bits per heavy atom. The van der Waals surface area contributed by atoms with Gasteiger partial charge >= 0.3 is 0 Å². The van der Waals surface area contributed by atoms with E-state index in [4.69, 9.17) is 0 Å². The van der Waals surface area contributed by atoms with Gasteiger partial charge in [0.05, 0.1) is 31.0 Å². The zero-order valence-electron chi connectivity index (χ0n) is 14.6. The van der Waals surface area contributed by atoms with Crippen LogP contribution in [0.15, 0.2) is 42.6 Å². The van der Waals surface area contributed by atoms with Crippen LogP contribution < -0.4 is 5.32 Å². The van der Waals surface area contributed by atoms with E-state index < -0.39 is 0 Å². The summed E-state index contributed by atoms with van der Waals surface area (Å²) in [7, 11) is 0. The molecule has 5 nitrogen and oxygen atoms in total. The molecule has 0 saturated carbocycles. The average Bonchev–Trinajstić information content (AvgIpc) is 3.24. The van der Waals surface area contributed by atoms with E-state index in [1.54, 1.807) is 17.5 Å². The summed E-state index contributed by atoms with van der Waals surface area (Å²) >= 11 is 3.14. The fraction of sp³-hybridized carbons (Fsp3) is 0.100. The van der Waals surface area contributed by atoms with Gasteiger partial charge in [0.2, 0.25) is 0 Å². The van der Waals surface area contributed by atoms with E-state index in [9.17, 15) is 4.79 Å². The summed E-state index contributed by atoms with van der Waals surface area (Å²) in [4.78, 5) is 26.3. The smallest absolute Gasteiger partial charge is 0.259 e. The summed E-state index contributed by atoms with van der Waals surface area (Å²) in [6.45, 7) is 4.04. The second kappa shape index (κ2) is 6.07. The molecule has 0 fully saturated rings. The highest BCUT2D eigenvalue weighted by molar-refractivity contribution is 7.24. The van der Waals surface area contributed by atoms with E-state index in [1.807, 2.05) is 44.2 Å². The van der Waals surface area contributed by atoms with Gasteiger partial charge in [-0.1, -0.05) is 29.5 Å². The van der Waals surface area contributed by atoms with Crippen LogP contribution in [0.1, 0.15) is 20.9 Å². The third-order valence-electron chi connectivity index (χ3n) is 4.40. The van der Waals surface area contributed by atoms with Crippen LogP contribution in [0.2, 0.25) is 0 Å². The van der Waals surface area contributed by atoms with E-state index in [0.29, 0.717) is 10.7 Å². The highest BCUT2D eigenvalue weighted by Crippen LogP contribution is 2.36. The molecule has 1 N–H and O–H groups in total. The van der Waals surface area contributed by atoms with Crippen LogP contribution in [0.3, 0.4) is 0 Å². The van der Waals surface area contributed by atoms with Crippen LogP contribution in [-0.2, 0) is 0 Å². The minimum Gasteiger partial charge on any atom is -0.298 e. The molecule has 5 aromatic rings. The molecule has 7 heteroatoms. The molecular formula is C20H14N4OS2. The summed E-state index contributed by atoms with van der Waals surface area (Å²) in [5.41, 5.74) is 4.32. The number of aromatic nitrogens is 3. The highest BCUT2D eigenvalue weighted by Gasteiger charge is 2.16.